The van der Waals surface area contributed by atoms with Crippen LogP contribution in [-0.4, -0.2) is 17.0 Å². The summed E-state index contributed by atoms with van der Waals surface area (Å²) in [6.45, 7) is 2.20. The van der Waals surface area contributed by atoms with Crippen molar-refractivity contribution < 1.29 is 18.3 Å². The molecule has 3 heterocycles. The first-order chi connectivity index (χ1) is 14.6. The van der Waals surface area contributed by atoms with E-state index in [1.165, 1.54) is 17.8 Å². The molecule has 0 radical (unpaired) electrons. The second-order valence-electron chi connectivity index (χ2n) is 6.61. The second-order valence-corrected chi connectivity index (χ2v) is 7.95. The van der Waals surface area contributed by atoms with Crippen LogP contribution in [0.4, 0.5) is 0 Å². The topological polar surface area (TPSA) is 87.6 Å². The third kappa shape index (κ3) is 3.53. The van der Waals surface area contributed by atoms with Gasteiger partial charge in [-0.2, -0.15) is 0 Å². The number of benzene rings is 2. The minimum absolute atomic E-state index is 0.201. The highest BCUT2D eigenvalue weighted by atomic mass is 35.5. The Labute approximate surface area is 180 Å². The molecule has 7 nitrogen and oxygen atoms in total. The highest BCUT2D eigenvalue weighted by Gasteiger charge is 2.17. The van der Waals surface area contributed by atoms with Crippen LogP contribution in [0.5, 0.6) is 11.5 Å². The van der Waals surface area contributed by atoms with Crippen molar-refractivity contribution in [3.63, 3.8) is 0 Å². The fourth-order valence-corrected chi connectivity index (χ4v) is 4.28. The minimum Gasteiger partial charge on any atom is -0.454 e. The lowest BCUT2D eigenvalue weighted by Crippen LogP contribution is -2.00. The van der Waals surface area contributed by atoms with E-state index in [9.17, 15) is 4.79 Å². The molecule has 0 N–H and O–H groups in total. The van der Waals surface area contributed by atoms with Gasteiger partial charge in [0, 0.05) is 27.8 Å². The number of hydrogen-bond acceptors (Lipinski definition) is 8. The molecule has 0 unspecified atom stereocenters. The molecule has 30 heavy (non-hydrogen) atoms. The molecule has 0 spiro atoms. The average Bonchev–Trinajstić information content (AvgIpc) is 3.40. The van der Waals surface area contributed by atoms with Gasteiger partial charge in [0.25, 0.3) is 5.22 Å². The SMILES string of the molecule is CCc1cc2oc(=O)cc(CSc3nnc(-c4ccc5c(c4)OCO5)o3)c2cc1Cl. The summed E-state index contributed by atoms with van der Waals surface area (Å²) in [6, 6.07) is 10.6. The van der Waals surface area contributed by atoms with Crippen LogP contribution in [0.2, 0.25) is 5.02 Å². The molecule has 0 bridgehead atoms. The van der Waals surface area contributed by atoms with Gasteiger partial charge in [-0.15, -0.1) is 10.2 Å². The van der Waals surface area contributed by atoms with E-state index in [4.69, 9.17) is 29.9 Å². The van der Waals surface area contributed by atoms with Crippen molar-refractivity contribution in [3.05, 3.63) is 63.0 Å². The van der Waals surface area contributed by atoms with Gasteiger partial charge in [0.05, 0.1) is 0 Å². The molecular formula is C21H15ClN2O5S. The highest BCUT2D eigenvalue weighted by molar-refractivity contribution is 7.98. The van der Waals surface area contributed by atoms with Crippen molar-refractivity contribution in [1.29, 1.82) is 0 Å². The van der Waals surface area contributed by atoms with Crippen molar-refractivity contribution in [1.82, 2.24) is 10.2 Å². The maximum atomic E-state index is 12.0. The zero-order chi connectivity index (χ0) is 20.7. The predicted molar refractivity (Wildman–Crippen MR) is 112 cm³/mol. The molecule has 1 aliphatic rings. The monoisotopic (exact) mass is 442 g/mol. The molecule has 2 aromatic carbocycles. The number of nitrogens with zero attached hydrogens (tertiary/aromatic N) is 2. The Bertz CT molecular complexity index is 1320. The minimum atomic E-state index is -0.408. The lowest BCUT2D eigenvalue weighted by atomic mass is 10.1. The number of thioether (sulfide) groups is 1. The van der Waals surface area contributed by atoms with E-state index in [1.807, 2.05) is 25.1 Å². The van der Waals surface area contributed by atoms with Crippen molar-refractivity contribution in [2.45, 2.75) is 24.3 Å². The van der Waals surface area contributed by atoms with E-state index in [0.29, 0.717) is 39.0 Å². The number of fused-ring (bicyclic) bond motifs is 2. The fourth-order valence-electron chi connectivity index (χ4n) is 3.23. The van der Waals surface area contributed by atoms with Gasteiger partial charge in [-0.3, -0.25) is 0 Å². The first kappa shape index (κ1) is 19.0. The normalized spacial score (nSPS) is 12.6. The van der Waals surface area contributed by atoms with Crippen molar-refractivity contribution >= 4 is 34.3 Å². The smallest absolute Gasteiger partial charge is 0.336 e. The van der Waals surface area contributed by atoms with E-state index in [-0.39, 0.29) is 6.79 Å². The van der Waals surface area contributed by atoms with Crippen molar-refractivity contribution in [2.75, 3.05) is 6.79 Å². The lowest BCUT2D eigenvalue weighted by Gasteiger charge is -2.07. The van der Waals surface area contributed by atoms with Gasteiger partial charge in [0.1, 0.15) is 5.58 Å². The van der Waals surface area contributed by atoms with Crippen LogP contribution in [0.3, 0.4) is 0 Å². The largest absolute Gasteiger partial charge is 0.454 e. The van der Waals surface area contributed by atoms with Crippen molar-refractivity contribution in [2.24, 2.45) is 0 Å². The Morgan fingerprint density at radius 2 is 1.90 bits per heavy atom. The van der Waals surface area contributed by atoms with Gasteiger partial charge in [0.2, 0.25) is 12.7 Å². The Morgan fingerprint density at radius 3 is 2.77 bits per heavy atom. The summed E-state index contributed by atoms with van der Waals surface area (Å²) in [7, 11) is 0. The fraction of sp³-hybridized carbons (Fsp3) is 0.190. The van der Waals surface area contributed by atoms with Gasteiger partial charge in [-0.1, -0.05) is 30.3 Å². The zero-order valence-electron chi connectivity index (χ0n) is 15.8. The molecule has 5 rings (SSSR count). The quantitative estimate of drug-likeness (QED) is 0.312. The maximum absolute atomic E-state index is 12.0. The maximum Gasteiger partial charge on any atom is 0.336 e. The van der Waals surface area contributed by atoms with E-state index < -0.39 is 5.63 Å². The molecule has 9 heteroatoms. The number of aromatic nitrogens is 2. The molecule has 0 fully saturated rings. The molecule has 2 aromatic heterocycles. The predicted octanol–water partition coefficient (Wildman–Crippen LogP) is 5.08. The Morgan fingerprint density at radius 1 is 1.03 bits per heavy atom. The van der Waals surface area contributed by atoms with E-state index >= 15 is 0 Å². The Kier molecular flexibility index (Phi) is 4.88. The molecule has 4 aromatic rings. The molecule has 0 saturated heterocycles. The molecule has 0 aliphatic carbocycles. The molecule has 0 saturated carbocycles. The van der Waals surface area contributed by atoms with Crippen LogP contribution < -0.4 is 15.1 Å². The summed E-state index contributed by atoms with van der Waals surface area (Å²) >= 11 is 7.69. The second kappa shape index (κ2) is 7.70. The Hall–Kier alpha value is -2.97. The number of aryl methyl sites for hydroxylation is 1. The van der Waals surface area contributed by atoms with Crippen LogP contribution in [0, 0.1) is 0 Å². The molecule has 0 amide bonds. The first-order valence-corrected chi connectivity index (χ1v) is 10.6. The average molecular weight is 443 g/mol. The van der Waals surface area contributed by atoms with Crippen LogP contribution in [0.25, 0.3) is 22.4 Å². The number of halogens is 1. The lowest BCUT2D eigenvalue weighted by molar-refractivity contribution is 0.174. The Balaban J connectivity index is 1.40. The van der Waals surface area contributed by atoms with Crippen LogP contribution in [0.15, 0.2) is 55.2 Å². The summed E-state index contributed by atoms with van der Waals surface area (Å²) in [5, 5.41) is 10.0. The number of rotatable bonds is 5. The highest BCUT2D eigenvalue weighted by Crippen LogP contribution is 2.36. The van der Waals surface area contributed by atoms with Crippen LogP contribution in [-0.2, 0) is 12.2 Å². The van der Waals surface area contributed by atoms with E-state index in [0.717, 1.165) is 28.5 Å². The van der Waals surface area contributed by atoms with Crippen molar-refractivity contribution in [3.8, 4) is 23.0 Å². The molecular weight excluding hydrogens is 428 g/mol. The first-order valence-electron chi connectivity index (χ1n) is 9.22. The number of hydrogen-bond donors (Lipinski definition) is 0. The van der Waals surface area contributed by atoms with Gasteiger partial charge in [0.15, 0.2) is 11.5 Å². The van der Waals surface area contributed by atoms with Crippen LogP contribution >= 0.6 is 23.4 Å². The van der Waals surface area contributed by atoms with E-state index in [2.05, 4.69) is 10.2 Å². The van der Waals surface area contributed by atoms with Gasteiger partial charge >= 0.3 is 5.63 Å². The van der Waals surface area contributed by atoms with Gasteiger partial charge in [-0.25, -0.2) is 4.79 Å². The summed E-state index contributed by atoms with van der Waals surface area (Å²) < 4.78 is 21.8. The van der Waals surface area contributed by atoms with E-state index in [1.54, 1.807) is 12.1 Å². The van der Waals surface area contributed by atoms with Crippen LogP contribution in [0.1, 0.15) is 18.1 Å². The summed E-state index contributed by atoms with van der Waals surface area (Å²) in [5.41, 5.74) is 2.57. The van der Waals surface area contributed by atoms with Gasteiger partial charge < -0.3 is 18.3 Å². The third-order valence-electron chi connectivity index (χ3n) is 4.76. The summed E-state index contributed by atoms with van der Waals surface area (Å²) in [4.78, 5) is 12.0. The molecule has 152 valence electrons. The molecule has 1 aliphatic heterocycles. The molecule has 0 atom stereocenters. The third-order valence-corrected chi connectivity index (χ3v) is 5.97. The van der Waals surface area contributed by atoms with Gasteiger partial charge in [-0.05, 0) is 47.9 Å². The zero-order valence-corrected chi connectivity index (χ0v) is 17.4. The summed E-state index contributed by atoms with van der Waals surface area (Å²) in [6.07, 6.45) is 0.752. The number of ether oxygens (including phenoxy) is 2. The summed E-state index contributed by atoms with van der Waals surface area (Å²) in [5.74, 6) is 2.16. The standard InChI is InChI=1S/C21H15ClN2O5S/c1-2-11-5-17-14(8-15(11)22)13(7-19(25)28-17)9-30-21-24-23-20(29-21)12-3-4-16-18(6-12)27-10-26-16/h3-8H,2,9-10H2,1H3.